The molecular formula is C19H13Cl2N3OS. The number of benzene rings is 2. The normalized spacial score (nSPS) is 19.2. The molecule has 1 amide bonds. The Kier molecular flexibility index (Phi) is 3.54. The van der Waals surface area contributed by atoms with Crippen molar-refractivity contribution in [3.8, 4) is 0 Å². The van der Waals surface area contributed by atoms with Gasteiger partial charge in [0.2, 0.25) is 0 Å². The lowest BCUT2D eigenvalue weighted by molar-refractivity contribution is -0.119. The van der Waals surface area contributed by atoms with Crippen LogP contribution in [0.1, 0.15) is 11.3 Å². The van der Waals surface area contributed by atoms with Gasteiger partial charge in [-0.15, -0.1) is 0 Å². The molecule has 1 unspecified atom stereocenters. The molecule has 5 rings (SSSR count). The second kappa shape index (κ2) is 5.71. The van der Waals surface area contributed by atoms with Gasteiger partial charge in [-0.1, -0.05) is 41.4 Å². The van der Waals surface area contributed by atoms with Gasteiger partial charge in [0.25, 0.3) is 5.91 Å². The molecule has 1 fully saturated rings. The van der Waals surface area contributed by atoms with Gasteiger partial charge in [-0.25, -0.2) is 0 Å². The van der Waals surface area contributed by atoms with Crippen molar-refractivity contribution in [3.63, 3.8) is 0 Å². The predicted octanol–water partition coefficient (Wildman–Crippen LogP) is 4.53. The van der Waals surface area contributed by atoms with Crippen molar-refractivity contribution in [1.82, 2.24) is 9.88 Å². The van der Waals surface area contributed by atoms with E-state index < -0.39 is 0 Å². The van der Waals surface area contributed by atoms with Gasteiger partial charge in [0.1, 0.15) is 6.04 Å². The van der Waals surface area contributed by atoms with Gasteiger partial charge in [-0.05, 0) is 42.0 Å². The molecule has 2 aliphatic heterocycles. The molecule has 2 aromatic carbocycles. The zero-order chi connectivity index (χ0) is 18.0. The van der Waals surface area contributed by atoms with Crippen molar-refractivity contribution in [3.05, 3.63) is 63.8 Å². The molecule has 0 radical (unpaired) electrons. The number of hydrogen-bond donors (Lipinski definition) is 1. The highest BCUT2D eigenvalue weighted by Gasteiger charge is 2.46. The van der Waals surface area contributed by atoms with Crippen LogP contribution in [0.5, 0.6) is 0 Å². The Morgan fingerprint density at radius 1 is 1.15 bits per heavy atom. The lowest BCUT2D eigenvalue weighted by Crippen LogP contribution is -2.39. The first-order valence-electron chi connectivity index (χ1n) is 8.22. The highest BCUT2D eigenvalue weighted by molar-refractivity contribution is 7.80. The van der Waals surface area contributed by atoms with E-state index >= 15 is 0 Å². The number of hydrogen-bond acceptors (Lipinski definition) is 2. The molecule has 4 nitrogen and oxygen atoms in total. The van der Waals surface area contributed by atoms with E-state index in [1.54, 1.807) is 18.2 Å². The van der Waals surface area contributed by atoms with E-state index in [0.29, 0.717) is 33.8 Å². The summed E-state index contributed by atoms with van der Waals surface area (Å²) >= 11 is 18.0. The molecule has 2 aliphatic rings. The summed E-state index contributed by atoms with van der Waals surface area (Å²) < 4.78 is 0. The molecule has 26 heavy (non-hydrogen) atoms. The monoisotopic (exact) mass is 401 g/mol. The van der Waals surface area contributed by atoms with E-state index in [0.717, 1.165) is 11.2 Å². The van der Waals surface area contributed by atoms with Crippen molar-refractivity contribution in [2.75, 3.05) is 4.90 Å². The maximum absolute atomic E-state index is 13.2. The molecule has 0 spiro atoms. The minimum atomic E-state index is -0.316. The standard InChI is InChI=1S/C19H13Cl2N3OS/c20-10-5-6-13(21)16(7-10)24-18(25)17-8-12-11-3-1-2-4-14(11)22-15(12)9-23(17)19(24)26/h1-7,17,22H,8-9H2. The minimum absolute atomic E-state index is 0.0601. The minimum Gasteiger partial charge on any atom is -0.357 e. The lowest BCUT2D eigenvalue weighted by Gasteiger charge is -2.28. The van der Waals surface area contributed by atoms with Gasteiger partial charge < -0.3 is 9.88 Å². The molecule has 130 valence electrons. The summed E-state index contributed by atoms with van der Waals surface area (Å²) in [6.07, 6.45) is 0.618. The fourth-order valence-corrected chi connectivity index (χ4v) is 4.63. The van der Waals surface area contributed by atoms with Crippen LogP contribution < -0.4 is 4.90 Å². The van der Waals surface area contributed by atoms with E-state index in [2.05, 4.69) is 17.1 Å². The Morgan fingerprint density at radius 2 is 1.96 bits per heavy atom. The van der Waals surface area contributed by atoms with Gasteiger partial charge >= 0.3 is 0 Å². The van der Waals surface area contributed by atoms with Crippen LogP contribution in [0.2, 0.25) is 10.0 Å². The van der Waals surface area contributed by atoms with Crippen LogP contribution in [0.15, 0.2) is 42.5 Å². The molecule has 3 aromatic rings. The zero-order valence-corrected chi connectivity index (χ0v) is 15.8. The second-order valence-corrected chi connectivity index (χ2v) is 7.74. The first-order valence-corrected chi connectivity index (χ1v) is 9.39. The summed E-state index contributed by atoms with van der Waals surface area (Å²) in [5.74, 6) is -0.0601. The molecular weight excluding hydrogens is 389 g/mol. The van der Waals surface area contributed by atoms with E-state index in [1.807, 2.05) is 17.0 Å². The molecule has 1 N–H and O–H groups in total. The second-order valence-electron chi connectivity index (χ2n) is 6.53. The van der Waals surface area contributed by atoms with Crippen LogP contribution in [-0.4, -0.2) is 26.9 Å². The Balaban J connectivity index is 1.58. The van der Waals surface area contributed by atoms with Crippen molar-refractivity contribution >= 4 is 63.0 Å². The maximum atomic E-state index is 13.2. The van der Waals surface area contributed by atoms with E-state index in [4.69, 9.17) is 35.4 Å². The predicted molar refractivity (Wildman–Crippen MR) is 108 cm³/mol. The topological polar surface area (TPSA) is 39.3 Å². The van der Waals surface area contributed by atoms with Crippen molar-refractivity contribution in [2.45, 2.75) is 19.0 Å². The number of thiocarbonyl (C=S) groups is 1. The first-order chi connectivity index (χ1) is 12.5. The van der Waals surface area contributed by atoms with Crippen molar-refractivity contribution in [1.29, 1.82) is 0 Å². The van der Waals surface area contributed by atoms with Crippen LogP contribution in [0.3, 0.4) is 0 Å². The Morgan fingerprint density at radius 3 is 2.81 bits per heavy atom. The Labute approximate surface area is 165 Å². The number of nitrogens with zero attached hydrogens (tertiary/aromatic N) is 2. The summed E-state index contributed by atoms with van der Waals surface area (Å²) in [7, 11) is 0. The van der Waals surface area contributed by atoms with Crippen LogP contribution >= 0.6 is 35.4 Å². The molecule has 0 bridgehead atoms. The molecule has 0 aliphatic carbocycles. The van der Waals surface area contributed by atoms with E-state index in [9.17, 15) is 4.79 Å². The molecule has 0 saturated carbocycles. The quantitative estimate of drug-likeness (QED) is 0.608. The van der Waals surface area contributed by atoms with Crippen LogP contribution in [0, 0.1) is 0 Å². The number of para-hydroxylation sites is 1. The summed E-state index contributed by atoms with van der Waals surface area (Å²) in [5, 5.41) is 2.60. The van der Waals surface area contributed by atoms with Gasteiger partial charge in [-0.2, -0.15) is 0 Å². The highest BCUT2D eigenvalue weighted by Crippen LogP contribution is 2.38. The number of fused-ring (bicyclic) bond motifs is 4. The highest BCUT2D eigenvalue weighted by atomic mass is 35.5. The summed E-state index contributed by atoms with van der Waals surface area (Å²) in [6.45, 7) is 0.577. The summed E-state index contributed by atoms with van der Waals surface area (Å²) in [5.41, 5.74) is 3.93. The Hall–Kier alpha value is -2.08. The average molecular weight is 402 g/mol. The third kappa shape index (κ3) is 2.21. The van der Waals surface area contributed by atoms with E-state index in [1.165, 1.54) is 15.8 Å². The number of nitrogens with one attached hydrogen (secondary N) is 1. The number of rotatable bonds is 1. The van der Waals surface area contributed by atoms with E-state index in [-0.39, 0.29) is 11.9 Å². The SMILES string of the molecule is O=C1C2Cc3c([nH]c4ccccc34)CN2C(=S)N1c1cc(Cl)ccc1Cl. The van der Waals surface area contributed by atoms with Gasteiger partial charge in [-0.3, -0.25) is 9.69 Å². The molecule has 1 atom stereocenters. The largest absolute Gasteiger partial charge is 0.357 e. The van der Waals surface area contributed by atoms with Crippen LogP contribution in [0.25, 0.3) is 10.9 Å². The number of halogens is 2. The molecule has 3 heterocycles. The average Bonchev–Trinajstić information content (AvgIpc) is 3.11. The number of anilines is 1. The van der Waals surface area contributed by atoms with Gasteiger partial charge in [0.15, 0.2) is 5.11 Å². The lowest BCUT2D eigenvalue weighted by atomic mass is 9.97. The zero-order valence-electron chi connectivity index (χ0n) is 13.5. The van der Waals surface area contributed by atoms with Crippen LogP contribution in [0.4, 0.5) is 5.69 Å². The number of amides is 1. The summed E-state index contributed by atoms with van der Waals surface area (Å²) in [6, 6.07) is 12.9. The van der Waals surface area contributed by atoms with Gasteiger partial charge in [0, 0.05) is 28.0 Å². The smallest absolute Gasteiger partial charge is 0.256 e. The van der Waals surface area contributed by atoms with Crippen molar-refractivity contribution in [2.24, 2.45) is 0 Å². The molecule has 1 saturated heterocycles. The third-order valence-electron chi connectivity index (χ3n) is 5.10. The summed E-state index contributed by atoms with van der Waals surface area (Å²) in [4.78, 5) is 20.1. The first kappa shape index (κ1) is 16.1. The van der Waals surface area contributed by atoms with Crippen LogP contribution in [-0.2, 0) is 17.8 Å². The van der Waals surface area contributed by atoms with Crippen molar-refractivity contribution < 1.29 is 4.79 Å². The number of aromatic nitrogens is 1. The third-order valence-corrected chi connectivity index (χ3v) is 6.07. The fraction of sp³-hybridized carbons (Fsp3) is 0.158. The maximum Gasteiger partial charge on any atom is 0.256 e. The number of carbonyl (C=O) groups is 1. The number of H-pyrrole nitrogens is 1. The number of carbonyl (C=O) groups excluding carboxylic acids is 1. The fourth-order valence-electron chi connectivity index (χ4n) is 3.88. The number of aromatic amines is 1. The Bertz CT molecular complexity index is 1090. The van der Waals surface area contributed by atoms with Gasteiger partial charge in [0.05, 0.1) is 17.3 Å². The molecule has 1 aromatic heterocycles. The molecule has 7 heteroatoms.